The minimum Gasteiger partial charge on any atom is -0.481 e. The van der Waals surface area contributed by atoms with Gasteiger partial charge in [0.05, 0.1) is 6.10 Å². The molecule has 1 aliphatic carbocycles. The number of hydrogen-bond acceptors (Lipinski definition) is 3. The van der Waals surface area contributed by atoms with Crippen molar-refractivity contribution in [2.75, 3.05) is 13.1 Å². The van der Waals surface area contributed by atoms with Crippen molar-refractivity contribution in [3.8, 4) is 0 Å². The summed E-state index contributed by atoms with van der Waals surface area (Å²) in [4.78, 5) is 26.1. The van der Waals surface area contributed by atoms with Gasteiger partial charge in [-0.05, 0) is 31.2 Å². The molecule has 2 aliphatic rings. The molecule has 2 N–H and O–H groups in total. The normalized spacial score (nSPS) is 27.4. The van der Waals surface area contributed by atoms with Gasteiger partial charge in [-0.3, -0.25) is 9.59 Å². The van der Waals surface area contributed by atoms with Crippen molar-refractivity contribution >= 4 is 11.9 Å². The average molecular weight is 329 g/mol. The Bertz CT molecular complexity index is 634. The molecule has 0 aromatic heterocycles. The number of aliphatic hydroxyl groups excluding tert-OH is 1. The number of aliphatic hydroxyl groups is 1. The molecule has 1 aromatic carbocycles. The largest absolute Gasteiger partial charge is 0.481 e. The van der Waals surface area contributed by atoms with Gasteiger partial charge in [0, 0.05) is 19.0 Å². The summed E-state index contributed by atoms with van der Waals surface area (Å²) in [6.45, 7) is 0.472. The molecule has 1 saturated heterocycles. The maximum Gasteiger partial charge on any atom is 0.312 e. The van der Waals surface area contributed by atoms with Crippen LogP contribution in [-0.2, 0) is 16.0 Å². The highest BCUT2D eigenvalue weighted by atomic mass is 16.4. The fourth-order valence-electron chi connectivity index (χ4n) is 3.74. The minimum absolute atomic E-state index is 0.0257. The first-order valence-corrected chi connectivity index (χ1v) is 8.42. The van der Waals surface area contributed by atoms with Gasteiger partial charge in [0.25, 0.3) is 0 Å². The van der Waals surface area contributed by atoms with Gasteiger partial charge in [0.2, 0.25) is 5.91 Å². The molecule has 1 unspecified atom stereocenters. The van der Waals surface area contributed by atoms with Crippen LogP contribution in [-0.4, -0.2) is 46.2 Å². The zero-order chi connectivity index (χ0) is 17.2. The van der Waals surface area contributed by atoms with Crippen molar-refractivity contribution in [2.45, 2.75) is 31.8 Å². The molecule has 5 heteroatoms. The van der Waals surface area contributed by atoms with Crippen molar-refractivity contribution in [3.63, 3.8) is 0 Å². The number of allylic oxidation sites excluding steroid dienone is 2. The van der Waals surface area contributed by atoms with Crippen molar-refractivity contribution in [2.24, 2.45) is 11.3 Å². The van der Waals surface area contributed by atoms with E-state index in [2.05, 4.69) is 0 Å². The van der Waals surface area contributed by atoms with Crippen LogP contribution in [0.1, 0.15) is 24.8 Å². The summed E-state index contributed by atoms with van der Waals surface area (Å²) in [6.07, 6.45) is 4.95. The Kier molecular flexibility index (Phi) is 4.71. The number of benzene rings is 1. The molecular formula is C19H23NO4. The van der Waals surface area contributed by atoms with Gasteiger partial charge in [-0.2, -0.15) is 0 Å². The Morgan fingerprint density at radius 3 is 2.42 bits per heavy atom. The first kappa shape index (κ1) is 16.7. The van der Waals surface area contributed by atoms with Crippen LogP contribution in [0.3, 0.4) is 0 Å². The number of amides is 1. The second kappa shape index (κ2) is 6.77. The van der Waals surface area contributed by atoms with E-state index in [1.165, 1.54) is 0 Å². The van der Waals surface area contributed by atoms with Gasteiger partial charge in [-0.1, -0.05) is 42.5 Å². The lowest BCUT2D eigenvalue weighted by molar-refractivity contribution is -0.166. The summed E-state index contributed by atoms with van der Waals surface area (Å²) in [6, 6.07) is 9.36. The first-order chi connectivity index (χ1) is 11.5. The van der Waals surface area contributed by atoms with Crippen LogP contribution < -0.4 is 0 Å². The Morgan fingerprint density at radius 2 is 1.83 bits per heavy atom. The van der Waals surface area contributed by atoms with Crippen LogP contribution >= 0.6 is 0 Å². The Balaban J connectivity index is 1.73. The number of rotatable bonds is 4. The highest BCUT2D eigenvalue weighted by Gasteiger charge is 2.49. The maximum atomic E-state index is 12.5. The van der Waals surface area contributed by atoms with Crippen LogP contribution in [0.4, 0.5) is 0 Å². The van der Waals surface area contributed by atoms with E-state index in [1.807, 2.05) is 42.5 Å². The third-order valence-corrected chi connectivity index (χ3v) is 5.32. The number of β-amino-alcohol motifs (C(OH)–C–C–N with tert-alkyl or cyclic N) is 1. The van der Waals surface area contributed by atoms with Gasteiger partial charge in [-0.15, -0.1) is 0 Å². The highest BCUT2D eigenvalue weighted by Crippen LogP contribution is 2.37. The van der Waals surface area contributed by atoms with E-state index in [1.54, 1.807) is 4.90 Å². The summed E-state index contributed by atoms with van der Waals surface area (Å²) >= 11 is 0. The second-order valence-electron chi connectivity index (χ2n) is 6.81. The molecule has 1 heterocycles. The summed E-state index contributed by atoms with van der Waals surface area (Å²) in [5, 5.41) is 20.4. The van der Waals surface area contributed by atoms with Gasteiger partial charge in [0.1, 0.15) is 5.41 Å². The molecular weight excluding hydrogens is 306 g/mol. The number of nitrogens with zero attached hydrogens (tertiary/aromatic N) is 1. The van der Waals surface area contributed by atoms with Crippen LogP contribution in [0.2, 0.25) is 0 Å². The van der Waals surface area contributed by atoms with Gasteiger partial charge in [0.15, 0.2) is 0 Å². The lowest BCUT2D eigenvalue weighted by Crippen LogP contribution is -2.57. The second-order valence-corrected chi connectivity index (χ2v) is 6.81. The van der Waals surface area contributed by atoms with E-state index in [9.17, 15) is 19.8 Å². The lowest BCUT2D eigenvalue weighted by atomic mass is 9.71. The molecule has 24 heavy (non-hydrogen) atoms. The lowest BCUT2D eigenvalue weighted by Gasteiger charge is -2.43. The standard InChI is InChI=1S/C19H23NO4/c21-16-13-20(17(22)15-8-4-5-9-15)11-10-19(16,18(23)24)12-14-6-2-1-3-7-14/h1-7,15-16,21H,8-13H2,(H,23,24)/t16?,19-/m1/s1. The molecule has 1 aliphatic heterocycles. The molecule has 1 fully saturated rings. The number of carboxylic acid groups (broad SMARTS) is 1. The number of carbonyl (C=O) groups is 2. The van der Waals surface area contributed by atoms with E-state index in [4.69, 9.17) is 0 Å². The van der Waals surface area contributed by atoms with E-state index >= 15 is 0 Å². The zero-order valence-electron chi connectivity index (χ0n) is 13.6. The van der Waals surface area contributed by atoms with Crippen molar-refractivity contribution in [1.82, 2.24) is 4.90 Å². The van der Waals surface area contributed by atoms with Crippen LogP contribution in [0.15, 0.2) is 42.5 Å². The van der Waals surface area contributed by atoms with Crippen molar-refractivity contribution in [3.05, 3.63) is 48.0 Å². The number of aliphatic carboxylic acids is 1. The fourth-order valence-corrected chi connectivity index (χ4v) is 3.74. The average Bonchev–Trinajstić information content (AvgIpc) is 3.11. The Morgan fingerprint density at radius 1 is 1.17 bits per heavy atom. The number of hydrogen-bond donors (Lipinski definition) is 2. The molecule has 3 rings (SSSR count). The van der Waals surface area contributed by atoms with E-state index in [0.717, 1.165) is 18.4 Å². The smallest absolute Gasteiger partial charge is 0.312 e. The number of likely N-dealkylation sites (tertiary alicyclic amines) is 1. The number of carboxylic acids is 1. The molecule has 0 spiro atoms. The summed E-state index contributed by atoms with van der Waals surface area (Å²) in [5.74, 6) is -1.02. The first-order valence-electron chi connectivity index (χ1n) is 8.42. The molecule has 128 valence electrons. The van der Waals surface area contributed by atoms with Crippen LogP contribution in [0.5, 0.6) is 0 Å². The SMILES string of the molecule is O=C(C1CC=CC1)N1CC[C@](Cc2ccccc2)(C(=O)O)C(O)C1. The van der Waals surface area contributed by atoms with Crippen molar-refractivity contribution < 1.29 is 19.8 Å². The van der Waals surface area contributed by atoms with Crippen LogP contribution in [0.25, 0.3) is 0 Å². The molecule has 0 radical (unpaired) electrons. The molecule has 2 atom stereocenters. The molecule has 0 saturated carbocycles. The molecule has 5 nitrogen and oxygen atoms in total. The number of piperidine rings is 1. The number of carbonyl (C=O) groups excluding carboxylic acids is 1. The van der Waals surface area contributed by atoms with Crippen molar-refractivity contribution in [1.29, 1.82) is 0 Å². The Labute approximate surface area is 141 Å². The topological polar surface area (TPSA) is 77.8 Å². The van der Waals surface area contributed by atoms with Gasteiger partial charge in [-0.25, -0.2) is 0 Å². The highest BCUT2D eigenvalue weighted by molar-refractivity contribution is 5.81. The summed E-state index contributed by atoms with van der Waals surface area (Å²) < 4.78 is 0. The molecule has 0 bridgehead atoms. The van der Waals surface area contributed by atoms with Gasteiger partial charge < -0.3 is 15.1 Å². The predicted molar refractivity (Wildman–Crippen MR) is 89.3 cm³/mol. The summed E-state index contributed by atoms with van der Waals surface area (Å²) in [5.41, 5.74) is -0.342. The predicted octanol–water partition coefficient (Wildman–Crippen LogP) is 1.86. The third-order valence-electron chi connectivity index (χ3n) is 5.32. The summed E-state index contributed by atoms with van der Waals surface area (Å²) in [7, 11) is 0. The van der Waals surface area contributed by atoms with E-state index in [-0.39, 0.29) is 31.2 Å². The van der Waals surface area contributed by atoms with Crippen LogP contribution in [0, 0.1) is 11.3 Å². The monoisotopic (exact) mass is 329 g/mol. The maximum absolute atomic E-state index is 12.5. The fraction of sp³-hybridized carbons (Fsp3) is 0.474. The van der Waals surface area contributed by atoms with Gasteiger partial charge >= 0.3 is 5.97 Å². The third kappa shape index (κ3) is 3.08. The minimum atomic E-state index is -1.23. The quantitative estimate of drug-likeness (QED) is 0.827. The molecule has 1 aromatic rings. The zero-order valence-corrected chi connectivity index (χ0v) is 13.6. The Hall–Kier alpha value is -2.14. The molecule has 1 amide bonds. The van der Waals surface area contributed by atoms with E-state index in [0.29, 0.717) is 6.54 Å². The van der Waals surface area contributed by atoms with E-state index < -0.39 is 17.5 Å².